The highest BCUT2D eigenvalue weighted by Crippen LogP contribution is 2.65. The van der Waals surface area contributed by atoms with Gasteiger partial charge in [0, 0.05) is 5.88 Å². The van der Waals surface area contributed by atoms with Crippen molar-refractivity contribution < 1.29 is 0 Å². The van der Waals surface area contributed by atoms with Gasteiger partial charge in [0.2, 0.25) is 0 Å². The van der Waals surface area contributed by atoms with Gasteiger partial charge in [-0.2, -0.15) is 0 Å². The average Bonchev–Trinajstić information content (AvgIpc) is 2.59. The second-order valence-corrected chi connectivity index (χ2v) is 4.01. The minimum absolute atomic E-state index is 0.627. The average molecular weight is 145 g/mol. The summed E-state index contributed by atoms with van der Waals surface area (Å²) >= 11 is 5.89. The minimum atomic E-state index is 0.627. The fourth-order valence-electron chi connectivity index (χ4n) is 2.03. The SMILES string of the molecule is CC1CC1(CCl)C1CC1. The van der Waals surface area contributed by atoms with Crippen LogP contribution in [0.5, 0.6) is 0 Å². The Bertz CT molecular complexity index is 125. The second kappa shape index (κ2) is 1.66. The summed E-state index contributed by atoms with van der Waals surface area (Å²) in [5, 5.41) is 0. The predicted octanol–water partition coefficient (Wildman–Crippen LogP) is 2.66. The first-order valence-electron chi connectivity index (χ1n) is 3.85. The lowest BCUT2D eigenvalue weighted by Crippen LogP contribution is -2.07. The zero-order valence-corrected chi connectivity index (χ0v) is 6.62. The van der Waals surface area contributed by atoms with Gasteiger partial charge < -0.3 is 0 Å². The van der Waals surface area contributed by atoms with Gasteiger partial charge in [0.15, 0.2) is 0 Å². The van der Waals surface area contributed by atoms with Crippen molar-refractivity contribution in [2.75, 3.05) is 5.88 Å². The lowest BCUT2D eigenvalue weighted by molar-refractivity contribution is 0.455. The zero-order valence-electron chi connectivity index (χ0n) is 5.86. The number of hydrogen-bond acceptors (Lipinski definition) is 0. The Morgan fingerprint density at radius 2 is 2.11 bits per heavy atom. The summed E-state index contributed by atoms with van der Waals surface area (Å²) in [5.74, 6) is 2.87. The van der Waals surface area contributed by atoms with Crippen LogP contribution in [0.25, 0.3) is 0 Å². The quantitative estimate of drug-likeness (QED) is 0.523. The van der Waals surface area contributed by atoms with E-state index in [-0.39, 0.29) is 0 Å². The molecule has 2 unspecified atom stereocenters. The molecule has 0 radical (unpaired) electrons. The van der Waals surface area contributed by atoms with Crippen LogP contribution < -0.4 is 0 Å². The number of rotatable bonds is 2. The van der Waals surface area contributed by atoms with Gasteiger partial charge in [-0.05, 0) is 36.5 Å². The van der Waals surface area contributed by atoms with Crippen LogP contribution in [0, 0.1) is 17.3 Å². The fraction of sp³-hybridized carbons (Fsp3) is 1.00. The maximum absolute atomic E-state index is 5.89. The molecule has 0 heterocycles. The number of hydrogen-bond donors (Lipinski definition) is 0. The lowest BCUT2D eigenvalue weighted by atomic mass is 10.0. The Kier molecular flexibility index (Phi) is 1.11. The molecule has 2 aliphatic rings. The molecule has 0 spiro atoms. The van der Waals surface area contributed by atoms with Gasteiger partial charge in [-0.25, -0.2) is 0 Å². The molecule has 0 aliphatic heterocycles. The maximum atomic E-state index is 5.89. The van der Waals surface area contributed by atoms with E-state index < -0.39 is 0 Å². The summed E-state index contributed by atoms with van der Waals surface area (Å²) in [4.78, 5) is 0. The molecule has 0 aromatic carbocycles. The van der Waals surface area contributed by atoms with Crippen molar-refractivity contribution in [1.29, 1.82) is 0 Å². The van der Waals surface area contributed by atoms with Crippen LogP contribution in [-0.4, -0.2) is 5.88 Å². The Morgan fingerprint density at radius 1 is 1.56 bits per heavy atom. The Hall–Kier alpha value is 0.290. The molecule has 2 rings (SSSR count). The van der Waals surface area contributed by atoms with Crippen LogP contribution in [0.1, 0.15) is 26.2 Å². The summed E-state index contributed by atoms with van der Waals surface area (Å²) < 4.78 is 0. The van der Waals surface area contributed by atoms with Crippen LogP contribution >= 0.6 is 11.6 Å². The van der Waals surface area contributed by atoms with Crippen molar-refractivity contribution >= 4 is 11.6 Å². The molecule has 2 aliphatic carbocycles. The van der Waals surface area contributed by atoms with Crippen molar-refractivity contribution in [3.05, 3.63) is 0 Å². The van der Waals surface area contributed by atoms with E-state index in [1.165, 1.54) is 19.3 Å². The summed E-state index contributed by atoms with van der Waals surface area (Å²) in [6.45, 7) is 2.33. The molecule has 0 aromatic rings. The molecule has 0 nitrogen and oxygen atoms in total. The third kappa shape index (κ3) is 0.724. The first-order chi connectivity index (χ1) is 4.29. The molecule has 0 amide bonds. The lowest BCUT2D eigenvalue weighted by Gasteiger charge is -2.08. The van der Waals surface area contributed by atoms with E-state index >= 15 is 0 Å². The van der Waals surface area contributed by atoms with Gasteiger partial charge in [-0.1, -0.05) is 6.92 Å². The molecule has 52 valence electrons. The Balaban J connectivity index is 2.03. The molecule has 9 heavy (non-hydrogen) atoms. The molecule has 0 bridgehead atoms. The van der Waals surface area contributed by atoms with Crippen LogP contribution in [0.3, 0.4) is 0 Å². The van der Waals surface area contributed by atoms with Gasteiger partial charge in [0.25, 0.3) is 0 Å². The predicted molar refractivity (Wildman–Crippen MR) is 39.7 cm³/mol. The smallest absolute Gasteiger partial charge is 0.0285 e. The van der Waals surface area contributed by atoms with Crippen LogP contribution in [0.15, 0.2) is 0 Å². The van der Waals surface area contributed by atoms with E-state index in [9.17, 15) is 0 Å². The van der Waals surface area contributed by atoms with Gasteiger partial charge in [0.05, 0.1) is 0 Å². The van der Waals surface area contributed by atoms with Gasteiger partial charge in [0.1, 0.15) is 0 Å². The van der Waals surface area contributed by atoms with Crippen molar-refractivity contribution in [3.8, 4) is 0 Å². The highest BCUT2D eigenvalue weighted by Gasteiger charge is 2.58. The molecular weight excluding hydrogens is 132 g/mol. The van der Waals surface area contributed by atoms with E-state index in [2.05, 4.69) is 6.92 Å². The summed E-state index contributed by atoms with van der Waals surface area (Å²) in [6.07, 6.45) is 4.31. The van der Waals surface area contributed by atoms with E-state index in [0.717, 1.165) is 17.7 Å². The summed E-state index contributed by atoms with van der Waals surface area (Å²) in [6, 6.07) is 0. The highest BCUT2D eigenvalue weighted by atomic mass is 35.5. The molecule has 2 fully saturated rings. The normalized spacial score (nSPS) is 49.3. The van der Waals surface area contributed by atoms with E-state index in [0.29, 0.717) is 5.41 Å². The van der Waals surface area contributed by atoms with Crippen LogP contribution in [0.2, 0.25) is 0 Å². The van der Waals surface area contributed by atoms with E-state index in [1.54, 1.807) is 0 Å². The fourth-order valence-corrected chi connectivity index (χ4v) is 2.62. The van der Waals surface area contributed by atoms with Gasteiger partial charge >= 0.3 is 0 Å². The van der Waals surface area contributed by atoms with Crippen molar-refractivity contribution in [3.63, 3.8) is 0 Å². The van der Waals surface area contributed by atoms with Crippen molar-refractivity contribution in [1.82, 2.24) is 0 Å². The highest BCUT2D eigenvalue weighted by molar-refractivity contribution is 6.18. The topological polar surface area (TPSA) is 0 Å². The first-order valence-corrected chi connectivity index (χ1v) is 4.39. The maximum Gasteiger partial charge on any atom is 0.0285 e. The number of alkyl halides is 1. The van der Waals surface area contributed by atoms with E-state index in [4.69, 9.17) is 11.6 Å². The molecule has 0 aromatic heterocycles. The minimum Gasteiger partial charge on any atom is -0.126 e. The second-order valence-electron chi connectivity index (χ2n) is 3.75. The Morgan fingerprint density at radius 3 is 2.22 bits per heavy atom. The van der Waals surface area contributed by atoms with E-state index in [1.807, 2.05) is 0 Å². The van der Waals surface area contributed by atoms with Crippen LogP contribution in [0.4, 0.5) is 0 Å². The third-order valence-corrected chi connectivity index (χ3v) is 3.64. The van der Waals surface area contributed by atoms with Gasteiger partial charge in [-0.3, -0.25) is 0 Å². The van der Waals surface area contributed by atoms with Crippen molar-refractivity contribution in [2.45, 2.75) is 26.2 Å². The zero-order chi connectivity index (χ0) is 6.48. The number of halogens is 1. The van der Waals surface area contributed by atoms with Gasteiger partial charge in [-0.15, -0.1) is 11.6 Å². The molecule has 1 heteroatoms. The first kappa shape index (κ1) is 6.03. The third-order valence-electron chi connectivity index (χ3n) is 3.15. The molecule has 2 saturated carbocycles. The largest absolute Gasteiger partial charge is 0.126 e. The molecule has 0 N–H and O–H groups in total. The monoisotopic (exact) mass is 144 g/mol. The van der Waals surface area contributed by atoms with Crippen molar-refractivity contribution in [2.24, 2.45) is 17.3 Å². The van der Waals surface area contributed by atoms with Crippen LogP contribution in [-0.2, 0) is 0 Å². The molecular formula is C8H13Cl. The summed E-state index contributed by atoms with van der Waals surface area (Å²) in [5.41, 5.74) is 0.627. The molecule has 0 saturated heterocycles. The molecule has 2 atom stereocenters. The standard InChI is InChI=1S/C8H13Cl/c1-6-4-8(6,5-9)7-2-3-7/h6-7H,2-5H2,1H3. The Labute approximate surface area is 61.6 Å². The summed E-state index contributed by atoms with van der Waals surface area (Å²) in [7, 11) is 0.